The first kappa shape index (κ1) is 44.9. The smallest absolute Gasteiger partial charge is 0.252 e. The van der Waals surface area contributed by atoms with Crippen molar-refractivity contribution >= 4 is 90.5 Å². The van der Waals surface area contributed by atoms with Crippen LogP contribution in [0.5, 0.6) is 0 Å². The molecule has 4 nitrogen and oxygen atoms in total. The molecule has 1 aliphatic carbocycles. The van der Waals surface area contributed by atoms with Crippen LogP contribution in [0.15, 0.2) is 156 Å². The lowest BCUT2D eigenvalue weighted by molar-refractivity contribution is 0.194. The highest BCUT2D eigenvalue weighted by atomic mass is 16.3. The lowest BCUT2D eigenvalue weighted by Gasteiger charge is -2.51. The molecule has 0 saturated heterocycles. The average molecular weight is 940 g/mol. The molecule has 1 saturated carbocycles. The maximum Gasteiger partial charge on any atom is 0.252 e. The van der Waals surface area contributed by atoms with E-state index in [1.165, 1.54) is 120 Å². The predicted molar refractivity (Wildman–Crippen MR) is 308 cm³/mol. The molecular formula is C67H66BN3O. The largest absolute Gasteiger partial charge is 0.456 e. The van der Waals surface area contributed by atoms with E-state index in [1.807, 2.05) is 0 Å². The summed E-state index contributed by atoms with van der Waals surface area (Å²) in [4.78, 5) is 8.00. The van der Waals surface area contributed by atoms with Crippen LogP contribution in [0, 0.1) is 20.8 Å². The zero-order valence-corrected chi connectivity index (χ0v) is 44.1. The van der Waals surface area contributed by atoms with E-state index in [0.717, 1.165) is 34.0 Å². The second kappa shape index (κ2) is 15.5. The van der Waals surface area contributed by atoms with Crippen molar-refractivity contribution in [2.75, 3.05) is 14.7 Å². The molecule has 72 heavy (non-hydrogen) atoms. The molecule has 0 N–H and O–H groups in total. The summed E-state index contributed by atoms with van der Waals surface area (Å²) in [5.74, 6) is 0. The summed E-state index contributed by atoms with van der Waals surface area (Å²) < 4.78 is 6.64. The van der Waals surface area contributed by atoms with Crippen LogP contribution < -0.4 is 31.1 Å². The molecule has 1 aromatic heterocycles. The standard InChI is InChI=1S/C67H66BN3O/c1-41-33-43(3)62-57(34-41)71(67(11)32-18-17-31-66(62,67)10)48-26-29-53-56(39-48)70(54-30-24-45(64(4,5)6)37-51(54)44-19-13-12-14-20-44)59-36-42(2)35-58-63(59)68(53)52-28-23-46(65(7,8)9)38-55(52)69(58)47-25-27-50-49-21-15-16-22-60(49)72-61(50)40-47/h12-16,19-30,33-40H,17-18,31-32H2,1-11H3. The van der Waals surface area contributed by atoms with Gasteiger partial charge < -0.3 is 19.1 Å². The molecule has 5 heteroatoms. The van der Waals surface area contributed by atoms with Crippen molar-refractivity contribution in [3.63, 3.8) is 0 Å². The van der Waals surface area contributed by atoms with Gasteiger partial charge in [-0.25, -0.2) is 0 Å². The molecule has 2 atom stereocenters. The van der Waals surface area contributed by atoms with Crippen molar-refractivity contribution in [1.29, 1.82) is 0 Å². The second-order valence-corrected chi connectivity index (χ2v) is 24.3. The summed E-state index contributed by atoms with van der Waals surface area (Å²) in [5, 5.41) is 2.28. The van der Waals surface area contributed by atoms with E-state index in [0.29, 0.717) is 0 Å². The topological polar surface area (TPSA) is 22.9 Å². The van der Waals surface area contributed by atoms with E-state index in [2.05, 4.69) is 243 Å². The summed E-state index contributed by atoms with van der Waals surface area (Å²) in [5.41, 5.74) is 26.0. The Hall–Kier alpha value is -6.98. The Morgan fingerprint density at radius 1 is 0.500 bits per heavy atom. The van der Waals surface area contributed by atoms with E-state index in [1.54, 1.807) is 0 Å². The van der Waals surface area contributed by atoms with Gasteiger partial charge in [0.25, 0.3) is 6.71 Å². The van der Waals surface area contributed by atoms with Gasteiger partial charge in [-0.2, -0.15) is 0 Å². The number of rotatable bonds is 4. The van der Waals surface area contributed by atoms with Gasteiger partial charge in [0, 0.05) is 67.6 Å². The van der Waals surface area contributed by atoms with Crippen LogP contribution in [0.25, 0.3) is 33.1 Å². The van der Waals surface area contributed by atoms with Crippen molar-refractivity contribution in [2.24, 2.45) is 0 Å². The predicted octanol–water partition coefficient (Wildman–Crippen LogP) is 16.6. The van der Waals surface area contributed by atoms with Gasteiger partial charge in [0.1, 0.15) is 11.2 Å². The number of hydrogen-bond acceptors (Lipinski definition) is 4. The number of aryl methyl sites for hydroxylation is 3. The van der Waals surface area contributed by atoms with Crippen LogP contribution in [0.3, 0.4) is 0 Å². The highest BCUT2D eigenvalue weighted by Gasteiger charge is 2.58. The molecule has 8 aromatic carbocycles. The first-order valence-electron chi connectivity index (χ1n) is 26.5. The van der Waals surface area contributed by atoms with Crippen molar-refractivity contribution in [1.82, 2.24) is 0 Å². The number of anilines is 8. The van der Waals surface area contributed by atoms with Gasteiger partial charge in [-0.3, -0.25) is 0 Å². The van der Waals surface area contributed by atoms with Gasteiger partial charge in [-0.15, -0.1) is 0 Å². The van der Waals surface area contributed by atoms with Gasteiger partial charge in [-0.05, 0) is 173 Å². The van der Waals surface area contributed by atoms with Gasteiger partial charge in [0.15, 0.2) is 0 Å². The van der Waals surface area contributed by atoms with E-state index >= 15 is 0 Å². The molecule has 1 fully saturated rings. The highest BCUT2D eigenvalue weighted by Crippen LogP contribution is 2.62. The Morgan fingerprint density at radius 2 is 1.11 bits per heavy atom. The quantitative estimate of drug-likeness (QED) is 0.164. The van der Waals surface area contributed by atoms with Crippen molar-refractivity contribution in [3.05, 3.63) is 185 Å². The van der Waals surface area contributed by atoms with Crippen LogP contribution in [-0.4, -0.2) is 12.3 Å². The van der Waals surface area contributed by atoms with Crippen LogP contribution in [0.4, 0.5) is 45.5 Å². The van der Waals surface area contributed by atoms with Crippen molar-refractivity contribution < 1.29 is 4.42 Å². The molecule has 0 bridgehead atoms. The SMILES string of the molecule is Cc1cc2c3c(c1)N(c1ccc(C(C)(C)C)cc1-c1ccccc1)c1cc(N4c5cc(C)cc(C)c5C5(C)CCCCC45C)ccc1B3c1ccc(C(C)(C)C)cc1N2c1ccc2c(c1)oc1ccccc12. The summed E-state index contributed by atoms with van der Waals surface area (Å²) in [6.07, 6.45) is 4.84. The first-order valence-corrected chi connectivity index (χ1v) is 26.5. The Bertz CT molecular complexity index is 3720. The molecule has 0 radical (unpaired) electrons. The minimum Gasteiger partial charge on any atom is -0.456 e. The van der Waals surface area contributed by atoms with E-state index in [4.69, 9.17) is 4.42 Å². The zero-order chi connectivity index (χ0) is 49.8. The second-order valence-electron chi connectivity index (χ2n) is 24.3. The Labute approximate surface area is 427 Å². The fourth-order valence-electron chi connectivity index (χ4n) is 13.9. The van der Waals surface area contributed by atoms with Crippen LogP contribution >= 0.6 is 0 Å². The number of benzene rings is 8. The molecular weight excluding hydrogens is 874 g/mol. The monoisotopic (exact) mass is 940 g/mol. The summed E-state index contributed by atoms with van der Waals surface area (Å²) in [7, 11) is 0. The molecule has 358 valence electrons. The third kappa shape index (κ3) is 6.44. The highest BCUT2D eigenvalue weighted by molar-refractivity contribution is 7.00. The van der Waals surface area contributed by atoms with Crippen LogP contribution in [0.2, 0.25) is 0 Å². The van der Waals surface area contributed by atoms with Crippen molar-refractivity contribution in [3.8, 4) is 11.1 Å². The lowest BCUT2D eigenvalue weighted by atomic mass is 9.33. The maximum absolute atomic E-state index is 6.64. The van der Waals surface area contributed by atoms with Gasteiger partial charge in [0.2, 0.25) is 0 Å². The molecule has 2 unspecified atom stereocenters. The normalized spacial score (nSPS) is 19.1. The molecule has 4 heterocycles. The third-order valence-electron chi connectivity index (χ3n) is 17.7. The van der Waals surface area contributed by atoms with E-state index in [-0.39, 0.29) is 28.5 Å². The van der Waals surface area contributed by atoms with Gasteiger partial charge >= 0.3 is 0 Å². The minimum atomic E-state index is -0.0899. The molecule has 0 spiro atoms. The van der Waals surface area contributed by atoms with Crippen LogP contribution in [-0.2, 0) is 16.2 Å². The maximum atomic E-state index is 6.64. The number of furan rings is 1. The number of fused-ring (bicyclic) bond motifs is 10. The van der Waals surface area contributed by atoms with Crippen molar-refractivity contribution in [2.45, 2.75) is 124 Å². The fraction of sp³-hybridized carbons (Fsp3) is 0.284. The lowest BCUT2D eigenvalue weighted by Crippen LogP contribution is -2.61. The van der Waals surface area contributed by atoms with Gasteiger partial charge in [0.05, 0.1) is 11.2 Å². The van der Waals surface area contributed by atoms with Crippen LogP contribution in [0.1, 0.15) is 114 Å². The Kier molecular flexibility index (Phi) is 9.68. The molecule has 4 aliphatic rings. The molecule has 13 rings (SSSR count). The number of nitrogens with zero attached hydrogens (tertiary/aromatic N) is 3. The Balaban J connectivity index is 1.12. The van der Waals surface area contributed by atoms with Gasteiger partial charge in [-0.1, -0.05) is 140 Å². The summed E-state index contributed by atoms with van der Waals surface area (Å²) in [6.45, 7) is 26.0. The van der Waals surface area contributed by atoms with E-state index in [9.17, 15) is 0 Å². The number of para-hydroxylation sites is 1. The zero-order valence-electron chi connectivity index (χ0n) is 44.1. The molecule has 9 aromatic rings. The molecule has 0 amide bonds. The fourth-order valence-corrected chi connectivity index (χ4v) is 13.9. The minimum absolute atomic E-state index is 0.0222. The summed E-state index contributed by atoms with van der Waals surface area (Å²) in [6, 6.07) is 58.4. The van der Waals surface area contributed by atoms with E-state index < -0.39 is 0 Å². The Morgan fingerprint density at radius 3 is 1.88 bits per heavy atom. The summed E-state index contributed by atoms with van der Waals surface area (Å²) >= 11 is 0. The number of hydrogen-bond donors (Lipinski definition) is 0. The average Bonchev–Trinajstić information content (AvgIpc) is 3.82. The third-order valence-corrected chi connectivity index (χ3v) is 17.7. The molecule has 3 aliphatic heterocycles. The first-order chi connectivity index (χ1) is 34.4.